The minimum Gasteiger partial charge on any atom is -0.497 e. The normalized spacial score (nSPS) is 21.1. The van der Waals surface area contributed by atoms with Crippen LogP contribution in [0, 0.1) is 5.82 Å². The number of benzene rings is 2. The van der Waals surface area contributed by atoms with Gasteiger partial charge in [0.2, 0.25) is 5.91 Å². The molecule has 2 aromatic rings. The molecule has 8 nitrogen and oxygen atoms in total. The van der Waals surface area contributed by atoms with Crippen LogP contribution in [0.25, 0.3) is 0 Å². The molecule has 2 heterocycles. The maximum atomic E-state index is 14.2. The third-order valence-corrected chi connectivity index (χ3v) is 6.96. The fourth-order valence-electron chi connectivity index (χ4n) is 4.85. The van der Waals surface area contributed by atoms with Gasteiger partial charge in [-0.15, -0.1) is 0 Å². The summed E-state index contributed by atoms with van der Waals surface area (Å²) in [6, 6.07) is 12.1. The Balaban J connectivity index is 1.39. The van der Waals surface area contributed by atoms with Gasteiger partial charge in [0, 0.05) is 37.5 Å². The first-order chi connectivity index (χ1) is 16.9. The molecule has 3 amide bonds. The van der Waals surface area contributed by atoms with E-state index in [0.29, 0.717) is 24.2 Å². The number of carbonyl (C=O) groups is 3. The Hall–Kier alpha value is -3.46. The quantitative estimate of drug-likeness (QED) is 0.709. The minimum atomic E-state index is -1.03. The second-order valence-corrected chi connectivity index (χ2v) is 9.24. The van der Waals surface area contributed by atoms with Crippen molar-refractivity contribution in [3.05, 3.63) is 65.5 Å². The van der Waals surface area contributed by atoms with Crippen LogP contribution in [0.15, 0.2) is 48.5 Å². The summed E-state index contributed by atoms with van der Waals surface area (Å²) < 4.78 is 25.6. The lowest BCUT2D eigenvalue weighted by Crippen LogP contribution is -2.60. The zero-order valence-electron chi connectivity index (χ0n) is 19.5. The van der Waals surface area contributed by atoms with Gasteiger partial charge < -0.3 is 19.7 Å². The fraction of sp³-hybridized carbons (Fsp3) is 0.423. The molecule has 1 N–H and O–H groups in total. The highest BCUT2D eigenvalue weighted by Gasteiger charge is 2.54. The average molecular weight is 482 g/mol. The molecule has 184 valence electrons. The van der Waals surface area contributed by atoms with Crippen LogP contribution in [0.5, 0.6) is 5.75 Å². The Morgan fingerprint density at radius 3 is 2.49 bits per heavy atom. The predicted octanol–water partition coefficient (Wildman–Crippen LogP) is 2.59. The molecule has 0 bridgehead atoms. The Morgan fingerprint density at radius 1 is 1.06 bits per heavy atom. The van der Waals surface area contributed by atoms with Crippen LogP contribution in [0.2, 0.25) is 0 Å². The molecule has 1 unspecified atom stereocenters. The average Bonchev–Trinajstić information content (AvgIpc) is 3.63. The SMILES string of the molecule is COc1cccc(C(=O)N2C(C(=O)NC3CC3)COC23CCN(C(=O)c2ccccc2F)CC3)c1. The van der Waals surface area contributed by atoms with E-state index in [9.17, 15) is 18.8 Å². The van der Waals surface area contributed by atoms with Crippen molar-refractivity contribution < 1.29 is 28.2 Å². The second kappa shape index (κ2) is 9.30. The molecule has 1 spiro atoms. The number of nitrogens with one attached hydrogen (secondary N) is 1. The van der Waals surface area contributed by atoms with Crippen LogP contribution in [0.1, 0.15) is 46.4 Å². The fourth-order valence-corrected chi connectivity index (χ4v) is 4.85. The van der Waals surface area contributed by atoms with E-state index in [0.717, 1.165) is 12.8 Å². The van der Waals surface area contributed by atoms with Crippen LogP contribution in [-0.4, -0.2) is 72.1 Å². The van der Waals surface area contributed by atoms with E-state index in [1.54, 1.807) is 46.2 Å². The summed E-state index contributed by atoms with van der Waals surface area (Å²) in [6.45, 7) is 0.619. The van der Waals surface area contributed by atoms with Gasteiger partial charge in [0.05, 0.1) is 19.3 Å². The van der Waals surface area contributed by atoms with Gasteiger partial charge in [-0.2, -0.15) is 0 Å². The highest BCUT2D eigenvalue weighted by molar-refractivity contribution is 5.99. The number of hydrogen-bond acceptors (Lipinski definition) is 5. The number of hydrogen-bond donors (Lipinski definition) is 1. The molecule has 0 aromatic heterocycles. The van der Waals surface area contributed by atoms with E-state index < -0.39 is 23.5 Å². The largest absolute Gasteiger partial charge is 0.497 e. The molecule has 2 saturated heterocycles. The summed E-state index contributed by atoms with van der Waals surface area (Å²) in [5, 5.41) is 2.99. The van der Waals surface area contributed by atoms with Gasteiger partial charge in [-0.05, 0) is 43.2 Å². The van der Waals surface area contributed by atoms with E-state index in [4.69, 9.17) is 9.47 Å². The summed E-state index contributed by atoms with van der Waals surface area (Å²) >= 11 is 0. The third-order valence-electron chi connectivity index (χ3n) is 6.96. The molecule has 2 aromatic carbocycles. The summed E-state index contributed by atoms with van der Waals surface area (Å²) in [6.07, 6.45) is 2.50. The monoisotopic (exact) mass is 481 g/mol. The van der Waals surface area contributed by atoms with Gasteiger partial charge in [-0.1, -0.05) is 18.2 Å². The van der Waals surface area contributed by atoms with Crippen molar-refractivity contribution in [2.75, 3.05) is 26.8 Å². The highest BCUT2D eigenvalue weighted by atomic mass is 19.1. The molecular weight excluding hydrogens is 453 g/mol. The van der Waals surface area contributed by atoms with Crippen molar-refractivity contribution in [3.63, 3.8) is 0 Å². The number of rotatable bonds is 5. The molecule has 3 fully saturated rings. The standard InChI is InChI=1S/C26H28FN3O5/c1-34-19-6-4-5-17(15-19)24(32)30-22(23(31)28-18-9-10-18)16-35-26(30)11-13-29(14-12-26)25(33)20-7-2-3-8-21(20)27/h2-8,15,18,22H,9-14,16H2,1H3,(H,28,31). The van der Waals surface area contributed by atoms with Crippen molar-refractivity contribution >= 4 is 17.7 Å². The van der Waals surface area contributed by atoms with Crippen LogP contribution in [0.4, 0.5) is 4.39 Å². The maximum Gasteiger partial charge on any atom is 0.257 e. The van der Waals surface area contributed by atoms with Gasteiger partial charge in [-0.25, -0.2) is 4.39 Å². The molecule has 2 aliphatic heterocycles. The van der Waals surface area contributed by atoms with E-state index in [1.165, 1.54) is 19.2 Å². The van der Waals surface area contributed by atoms with Gasteiger partial charge in [0.15, 0.2) is 0 Å². The van der Waals surface area contributed by atoms with Gasteiger partial charge in [0.25, 0.3) is 11.8 Å². The Bertz CT molecular complexity index is 1140. The van der Waals surface area contributed by atoms with Crippen LogP contribution < -0.4 is 10.1 Å². The molecule has 1 saturated carbocycles. The molecule has 9 heteroatoms. The molecule has 1 aliphatic carbocycles. The van der Waals surface area contributed by atoms with Crippen molar-refractivity contribution in [1.29, 1.82) is 0 Å². The predicted molar refractivity (Wildman–Crippen MR) is 124 cm³/mol. The van der Waals surface area contributed by atoms with E-state index in [-0.39, 0.29) is 43.1 Å². The molecule has 0 radical (unpaired) electrons. The number of halogens is 1. The van der Waals surface area contributed by atoms with Crippen molar-refractivity contribution in [1.82, 2.24) is 15.1 Å². The first kappa shape index (κ1) is 23.3. The zero-order chi connectivity index (χ0) is 24.6. The summed E-state index contributed by atoms with van der Waals surface area (Å²) in [4.78, 5) is 42.9. The van der Waals surface area contributed by atoms with Crippen molar-refractivity contribution in [2.45, 2.75) is 43.5 Å². The lowest BCUT2D eigenvalue weighted by Gasteiger charge is -2.44. The van der Waals surface area contributed by atoms with Crippen LogP contribution in [0.3, 0.4) is 0 Å². The number of piperidine rings is 1. The van der Waals surface area contributed by atoms with Crippen LogP contribution >= 0.6 is 0 Å². The maximum absolute atomic E-state index is 14.2. The number of amides is 3. The number of ether oxygens (including phenoxy) is 2. The summed E-state index contributed by atoms with van der Waals surface area (Å²) in [5.41, 5.74) is -0.623. The highest BCUT2D eigenvalue weighted by Crippen LogP contribution is 2.39. The number of likely N-dealkylation sites (tertiary alicyclic amines) is 1. The summed E-state index contributed by atoms with van der Waals surface area (Å²) in [5.74, 6) is -0.989. The lowest BCUT2D eigenvalue weighted by atomic mass is 9.96. The van der Waals surface area contributed by atoms with Crippen molar-refractivity contribution in [2.24, 2.45) is 0 Å². The molecular formula is C26H28FN3O5. The smallest absolute Gasteiger partial charge is 0.257 e. The lowest BCUT2D eigenvalue weighted by molar-refractivity contribution is -0.128. The van der Waals surface area contributed by atoms with Gasteiger partial charge in [-0.3, -0.25) is 19.3 Å². The first-order valence-electron chi connectivity index (χ1n) is 11.9. The topological polar surface area (TPSA) is 88.2 Å². The molecule has 35 heavy (non-hydrogen) atoms. The van der Waals surface area contributed by atoms with Gasteiger partial charge in [0.1, 0.15) is 23.3 Å². The molecule has 3 aliphatic rings. The Morgan fingerprint density at radius 2 is 1.80 bits per heavy atom. The molecule has 5 rings (SSSR count). The van der Waals surface area contributed by atoms with Crippen molar-refractivity contribution in [3.8, 4) is 5.75 Å². The minimum absolute atomic E-state index is 0.0155. The number of carbonyl (C=O) groups excluding carboxylic acids is 3. The number of nitrogens with zero attached hydrogens (tertiary/aromatic N) is 2. The van der Waals surface area contributed by atoms with E-state index >= 15 is 0 Å². The van der Waals surface area contributed by atoms with Gasteiger partial charge >= 0.3 is 0 Å². The second-order valence-electron chi connectivity index (χ2n) is 9.24. The summed E-state index contributed by atoms with van der Waals surface area (Å²) in [7, 11) is 1.53. The number of methoxy groups -OCH3 is 1. The van der Waals surface area contributed by atoms with Crippen LogP contribution in [-0.2, 0) is 9.53 Å². The van der Waals surface area contributed by atoms with E-state index in [1.807, 2.05) is 0 Å². The molecule has 1 atom stereocenters. The first-order valence-corrected chi connectivity index (χ1v) is 11.9. The Kier molecular flexibility index (Phi) is 6.19. The Labute approximate surface area is 203 Å². The third kappa shape index (κ3) is 4.48. The zero-order valence-corrected chi connectivity index (χ0v) is 19.5. The van der Waals surface area contributed by atoms with E-state index in [2.05, 4.69) is 5.32 Å².